The van der Waals surface area contributed by atoms with Crippen LogP contribution < -0.4 is 12.4 Å². The van der Waals surface area contributed by atoms with Crippen molar-refractivity contribution in [2.75, 3.05) is 13.1 Å². The van der Waals surface area contributed by atoms with Crippen LogP contribution in [0.2, 0.25) is 0 Å². The molecule has 0 N–H and O–H groups in total. The van der Waals surface area contributed by atoms with Crippen molar-refractivity contribution in [1.29, 1.82) is 0 Å². The Morgan fingerprint density at radius 1 is 1.12 bits per heavy atom. The molecule has 1 nitrogen and oxygen atoms in total. The van der Waals surface area contributed by atoms with E-state index in [4.69, 9.17) is 0 Å². The monoisotopic (exact) mass is 173 g/mol. The second-order valence-corrected chi connectivity index (χ2v) is 3.36. The summed E-state index contributed by atoms with van der Waals surface area (Å²) in [6, 6.07) is 0. The summed E-state index contributed by atoms with van der Waals surface area (Å²) >= 11 is 8.38. The first kappa shape index (κ1) is 11.7. The number of halogens is 1. The molecule has 0 aromatic rings. The molecule has 0 unspecified atom stereocenters. The highest BCUT2D eigenvalue weighted by Gasteiger charge is 2.10. The van der Waals surface area contributed by atoms with Gasteiger partial charge in [0, 0.05) is 0 Å². The van der Waals surface area contributed by atoms with Gasteiger partial charge in [-0.25, -0.2) is 3.29 Å². The van der Waals surface area contributed by atoms with Gasteiger partial charge in [0.05, 0.1) is 38.7 Å². The lowest BCUT2D eigenvalue weighted by molar-refractivity contribution is -0.634. The van der Waals surface area contributed by atoms with Crippen molar-refractivity contribution >= 4 is 25.6 Å². The molecular formula is C4H12ClNS2. The third kappa shape index (κ3) is 5.09. The second-order valence-electron chi connectivity index (χ2n) is 1.51. The summed E-state index contributed by atoms with van der Waals surface area (Å²) < 4.78 is 0.528. The zero-order valence-corrected chi connectivity index (χ0v) is 7.68. The van der Waals surface area contributed by atoms with Crippen LogP contribution in [0.15, 0.2) is 0 Å². The van der Waals surface area contributed by atoms with Crippen molar-refractivity contribution in [3.8, 4) is 0 Å². The van der Waals surface area contributed by atoms with Crippen LogP contribution in [0.25, 0.3) is 0 Å². The Kier molecular flexibility index (Phi) is 7.02. The maximum atomic E-state index is 4.19. The molecule has 4 heteroatoms. The molecule has 0 radical (unpaired) electrons. The number of thiol groups is 2. The largest absolute Gasteiger partial charge is 1.00 e. The quantitative estimate of drug-likeness (QED) is 0.370. The smallest absolute Gasteiger partial charge is 0.0970 e. The van der Waals surface area contributed by atoms with E-state index < -0.39 is 0 Å². The molecule has 0 spiro atoms. The molecule has 0 aliphatic carbocycles. The first-order chi connectivity index (χ1) is 3.12. The van der Waals surface area contributed by atoms with Crippen molar-refractivity contribution in [1.82, 2.24) is 0 Å². The SMILES string of the molecule is CC[N+](S)(S)CC.[Cl-]. The van der Waals surface area contributed by atoms with Crippen molar-refractivity contribution in [3.63, 3.8) is 0 Å². The Balaban J connectivity index is 0. The highest BCUT2D eigenvalue weighted by atomic mass is 35.5. The van der Waals surface area contributed by atoms with Gasteiger partial charge in [-0.3, -0.25) is 0 Å². The molecule has 0 saturated carbocycles. The van der Waals surface area contributed by atoms with Crippen molar-refractivity contribution < 1.29 is 15.7 Å². The van der Waals surface area contributed by atoms with Gasteiger partial charge >= 0.3 is 0 Å². The van der Waals surface area contributed by atoms with Gasteiger partial charge < -0.3 is 12.4 Å². The topological polar surface area (TPSA) is 0 Å². The van der Waals surface area contributed by atoms with Crippen molar-refractivity contribution in [3.05, 3.63) is 0 Å². The van der Waals surface area contributed by atoms with Gasteiger partial charge in [-0.1, -0.05) is 0 Å². The van der Waals surface area contributed by atoms with Crippen LogP contribution in [0.1, 0.15) is 13.8 Å². The van der Waals surface area contributed by atoms with Crippen molar-refractivity contribution in [2.45, 2.75) is 13.8 Å². The van der Waals surface area contributed by atoms with E-state index in [0.717, 1.165) is 13.1 Å². The zero-order chi connectivity index (χ0) is 5.91. The minimum Gasteiger partial charge on any atom is -1.00 e. The molecule has 52 valence electrons. The van der Waals surface area contributed by atoms with Crippen LogP contribution in [0.3, 0.4) is 0 Å². The van der Waals surface area contributed by atoms with Gasteiger partial charge in [-0.05, 0) is 13.8 Å². The summed E-state index contributed by atoms with van der Waals surface area (Å²) in [5.74, 6) is 0. The summed E-state index contributed by atoms with van der Waals surface area (Å²) in [5, 5.41) is 0. The predicted molar refractivity (Wildman–Crippen MR) is 39.3 cm³/mol. The Bertz CT molecular complexity index is 52.0. The molecule has 0 heterocycles. The fourth-order valence-corrected chi connectivity index (χ4v) is 0.224. The van der Waals surface area contributed by atoms with Crippen LogP contribution in [0, 0.1) is 0 Å². The van der Waals surface area contributed by atoms with Gasteiger partial charge in [0.15, 0.2) is 0 Å². The van der Waals surface area contributed by atoms with E-state index in [1.165, 1.54) is 0 Å². The average Bonchev–Trinajstić information content (AvgIpc) is 1.68. The summed E-state index contributed by atoms with van der Waals surface area (Å²) in [4.78, 5) is 0. The van der Waals surface area contributed by atoms with Crippen LogP contribution in [-0.2, 0) is 0 Å². The molecule has 0 atom stereocenters. The summed E-state index contributed by atoms with van der Waals surface area (Å²) in [6.45, 7) is 6.04. The Morgan fingerprint density at radius 3 is 1.38 bits per heavy atom. The number of hydrogen-bond donors (Lipinski definition) is 2. The molecule has 0 aromatic carbocycles. The molecule has 0 aliphatic heterocycles. The second kappa shape index (κ2) is 4.79. The van der Waals surface area contributed by atoms with Crippen LogP contribution in [-0.4, -0.2) is 16.4 Å². The van der Waals surface area contributed by atoms with Gasteiger partial charge in [-0.2, -0.15) is 0 Å². The number of nitrogens with zero attached hydrogens (tertiary/aromatic N) is 1. The molecule has 0 aliphatic rings. The Morgan fingerprint density at radius 2 is 1.38 bits per heavy atom. The maximum Gasteiger partial charge on any atom is 0.0970 e. The highest BCUT2D eigenvalue weighted by molar-refractivity contribution is 7.87. The molecule has 0 saturated heterocycles. The minimum absolute atomic E-state index is 0. The van der Waals surface area contributed by atoms with E-state index in [1.54, 1.807) is 0 Å². The first-order valence-electron chi connectivity index (χ1n) is 2.45. The molecule has 0 amide bonds. The van der Waals surface area contributed by atoms with E-state index >= 15 is 0 Å². The number of quaternary nitrogens is 1. The van der Waals surface area contributed by atoms with E-state index in [1.807, 2.05) is 0 Å². The van der Waals surface area contributed by atoms with Gasteiger partial charge in [-0.15, -0.1) is 0 Å². The Labute approximate surface area is 68.5 Å². The fraction of sp³-hybridized carbons (Fsp3) is 1.00. The van der Waals surface area contributed by atoms with Crippen LogP contribution in [0.4, 0.5) is 0 Å². The average molecular weight is 174 g/mol. The third-order valence-electron chi connectivity index (χ3n) is 1.01. The highest BCUT2D eigenvalue weighted by Crippen LogP contribution is 2.12. The number of rotatable bonds is 2. The molecule has 8 heavy (non-hydrogen) atoms. The van der Waals surface area contributed by atoms with E-state index in [-0.39, 0.29) is 12.4 Å². The van der Waals surface area contributed by atoms with Gasteiger partial charge in [0.2, 0.25) is 0 Å². The van der Waals surface area contributed by atoms with E-state index in [2.05, 4.69) is 39.5 Å². The first-order valence-corrected chi connectivity index (χ1v) is 3.25. The predicted octanol–water partition coefficient (Wildman–Crippen LogP) is -1.46. The van der Waals surface area contributed by atoms with E-state index in [0.29, 0.717) is 3.29 Å². The maximum absolute atomic E-state index is 4.19. The third-order valence-corrected chi connectivity index (χ3v) is 2.14. The lowest BCUT2D eigenvalue weighted by atomic mass is 10.7. The van der Waals surface area contributed by atoms with Gasteiger partial charge in [0.1, 0.15) is 0 Å². The standard InChI is InChI=1S/C4H12NS2.ClH/c1-3-5(6,7)4-2;/h6-7H,3-4H2,1-2H3;1H/q+1;/p-1. The van der Waals surface area contributed by atoms with Crippen LogP contribution >= 0.6 is 25.6 Å². The van der Waals surface area contributed by atoms with Crippen molar-refractivity contribution in [2.24, 2.45) is 0 Å². The lowest BCUT2D eigenvalue weighted by Gasteiger charge is -2.19. The normalized spacial score (nSPS) is 10.5. The minimum atomic E-state index is 0. The molecule has 0 bridgehead atoms. The van der Waals surface area contributed by atoms with Gasteiger partial charge in [0.25, 0.3) is 0 Å². The summed E-state index contributed by atoms with van der Waals surface area (Å²) in [5.41, 5.74) is 0. The Hall–Kier alpha value is 0.950. The zero-order valence-electron chi connectivity index (χ0n) is 5.13. The van der Waals surface area contributed by atoms with E-state index in [9.17, 15) is 0 Å². The fourth-order valence-electron chi connectivity index (χ4n) is 0.224. The summed E-state index contributed by atoms with van der Waals surface area (Å²) in [6.07, 6.45) is 0. The molecule has 0 aromatic heterocycles. The molecular weight excluding hydrogens is 162 g/mol. The number of hydrogen-bond acceptors (Lipinski definition) is 2. The lowest BCUT2D eigenvalue weighted by Crippen LogP contribution is -3.00. The summed E-state index contributed by atoms with van der Waals surface area (Å²) in [7, 11) is 0. The molecule has 0 fully saturated rings. The van der Waals surface area contributed by atoms with Crippen LogP contribution in [0.5, 0.6) is 0 Å². The molecule has 0 rings (SSSR count).